The third-order valence-electron chi connectivity index (χ3n) is 3.28. The zero-order valence-electron chi connectivity index (χ0n) is 12.4. The van der Waals surface area contributed by atoms with Gasteiger partial charge in [-0.3, -0.25) is 0 Å². The number of nitriles is 1. The summed E-state index contributed by atoms with van der Waals surface area (Å²) in [7, 11) is 0. The number of anilines is 1. The van der Waals surface area contributed by atoms with Crippen LogP contribution in [0.2, 0.25) is 0 Å². The monoisotopic (exact) mass is 283 g/mol. The van der Waals surface area contributed by atoms with Gasteiger partial charge in [0.15, 0.2) is 0 Å². The number of benzene rings is 1. The smallest absolute Gasteiger partial charge is 0.144 e. The van der Waals surface area contributed by atoms with Crippen molar-refractivity contribution in [1.29, 1.82) is 5.26 Å². The third kappa shape index (κ3) is 3.57. The van der Waals surface area contributed by atoms with Gasteiger partial charge in [0.25, 0.3) is 0 Å². The van der Waals surface area contributed by atoms with E-state index in [0.717, 1.165) is 5.56 Å². The zero-order valence-corrected chi connectivity index (χ0v) is 12.4. The van der Waals surface area contributed by atoms with E-state index in [1.54, 1.807) is 30.5 Å². The molecule has 2 rings (SSSR count). The number of aromatic nitrogens is 1. The molecular weight excluding hydrogens is 265 g/mol. The average molecular weight is 283 g/mol. The lowest BCUT2D eigenvalue weighted by Crippen LogP contribution is -2.26. The topological polar surface area (TPSA) is 48.7 Å². The zero-order chi connectivity index (χ0) is 15.5. The minimum atomic E-state index is -0.262. The number of hydrogen-bond donors (Lipinski definition) is 1. The Labute approximate surface area is 124 Å². The van der Waals surface area contributed by atoms with Crippen molar-refractivity contribution in [2.45, 2.75) is 26.8 Å². The Morgan fingerprint density at radius 1 is 1.19 bits per heavy atom. The summed E-state index contributed by atoms with van der Waals surface area (Å²) in [6.45, 7) is 6.26. The maximum Gasteiger partial charge on any atom is 0.144 e. The lowest BCUT2D eigenvalue weighted by atomic mass is 9.82. The molecule has 0 aliphatic heterocycles. The second-order valence-electron chi connectivity index (χ2n) is 6.01. The van der Waals surface area contributed by atoms with Crippen molar-refractivity contribution in [1.82, 2.24) is 4.98 Å². The van der Waals surface area contributed by atoms with Crippen LogP contribution in [0.1, 0.15) is 37.9 Å². The van der Waals surface area contributed by atoms with E-state index in [9.17, 15) is 4.39 Å². The van der Waals surface area contributed by atoms with E-state index in [4.69, 9.17) is 5.26 Å². The van der Waals surface area contributed by atoms with E-state index < -0.39 is 0 Å². The highest BCUT2D eigenvalue weighted by molar-refractivity contribution is 5.53. The van der Waals surface area contributed by atoms with Crippen LogP contribution in [0.4, 0.5) is 10.2 Å². The molecule has 0 saturated heterocycles. The molecule has 1 N–H and O–H groups in total. The van der Waals surface area contributed by atoms with Gasteiger partial charge in [0.05, 0.1) is 11.6 Å². The van der Waals surface area contributed by atoms with Crippen LogP contribution in [0.15, 0.2) is 42.6 Å². The molecule has 0 aliphatic rings. The summed E-state index contributed by atoms with van der Waals surface area (Å²) < 4.78 is 13.1. The molecule has 21 heavy (non-hydrogen) atoms. The molecule has 2 aromatic rings. The van der Waals surface area contributed by atoms with Crippen LogP contribution in [-0.4, -0.2) is 4.98 Å². The number of nitrogens with zero attached hydrogens (tertiary/aromatic N) is 2. The Kier molecular flexibility index (Phi) is 4.23. The van der Waals surface area contributed by atoms with Gasteiger partial charge < -0.3 is 5.32 Å². The van der Waals surface area contributed by atoms with Crippen LogP contribution in [0.3, 0.4) is 0 Å². The summed E-state index contributed by atoms with van der Waals surface area (Å²) in [6, 6.07) is 11.9. The summed E-state index contributed by atoms with van der Waals surface area (Å²) in [4.78, 5) is 4.24. The van der Waals surface area contributed by atoms with Gasteiger partial charge in [0, 0.05) is 6.20 Å². The van der Waals surface area contributed by atoms with Gasteiger partial charge in [0.1, 0.15) is 17.7 Å². The highest BCUT2D eigenvalue weighted by atomic mass is 19.1. The van der Waals surface area contributed by atoms with Crippen molar-refractivity contribution in [2.24, 2.45) is 5.41 Å². The molecule has 1 heterocycles. The first-order chi connectivity index (χ1) is 9.91. The van der Waals surface area contributed by atoms with Crippen LogP contribution in [0.5, 0.6) is 0 Å². The van der Waals surface area contributed by atoms with E-state index >= 15 is 0 Å². The van der Waals surface area contributed by atoms with E-state index in [0.29, 0.717) is 11.4 Å². The molecule has 1 unspecified atom stereocenters. The Hall–Kier alpha value is -2.41. The van der Waals surface area contributed by atoms with Crippen molar-refractivity contribution in [2.75, 3.05) is 5.32 Å². The maximum absolute atomic E-state index is 13.1. The van der Waals surface area contributed by atoms with Crippen molar-refractivity contribution in [3.63, 3.8) is 0 Å². The second kappa shape index (κ2) is 5.92. The summed E-state index contributed by atoms with van der Waals surface area (Å²) in [5.41, 5.74) is 1.33. The molecule has 0 aliphatic carbocycles. The molecule has 1 aromatic carbocycles. The minimum Gasteiger partial charge on any atom is -0.362 e. The molecular formula is C17H18FN3. The summed E-state index contributed by atoms with van der Waals surface area (Å²) in [6.07, 6.45) is 1.65. The van der Waals surface area contributed by atoms with E-state index in [2.05, 4.69) is 37.1 Å². The number of halogens is 1. The molecule has 0 fully saturated rings. The van der Waals surface area contributed by atoms with Gasteiger partial charge in [-0.2, -0.15) is 5.26 Å². The highest BCUT2D eigenvalue weighted by Crippen LogP contribution is 2.36. The number of rotatable bonds is 3. The van der Waals surface area contributed by atoms with Crippen LogP contribution in [0.25, 0.3) is 0 Å². The Bertz CT molecular complexity index is 651. The quantitative estimate of drug-likeness (QED) is 0.914. The van der Waals surface area contributed by atoms with E-state index in [1.165, 1.54) is 12.1 Å². The molecule has 108 valence electrons. The molecule has 0 saturated carbocycles. The predicted octanol–water partition coefficient (Wildman–Crippen LogP) is 4.29. The minimum absolute atomic E-state index is 0.0832. The van der Waals surface area contributed by atoms with Crippen molar-refractivity contribution in [3.8, 4) is 6.07 Å². The maximum atomic E-state index is 13.1. The molecule has 0 amide bonds. The second-order valence-corrected chi connectivity index (χ2v) is 6.01. The molecule has 0 bridgehead atoms. The fraction of sp³-hybridized carbons (Fsp3) is 0.294. The molecule has 4 heteroatoms. The molecule has 0 radical (unpaired) electrons. The van der Waals surface area contributed by atoms with Gasteiger partial charge in [-0.1, -0.05) is 32.9 Å². The fourth-order valence-corrected chi connectivity index (χ4v) is 2.20. The van der Waals surface area contributed by atoms with Crippen LogP contribution in [-0.2, 0) is 0 Å². The van der Waals surface area contributed by atoms with Gasteiger partial charge in [-0.05, 0) is 35.2 Å². The van der Waals surface area contributed by atoms with E-state index in [1.807, 2.05) is 0 Å². The number of pyridine rings is 1. The molecule has 3 nitrogen and oxygen atoms in total. The summed E-state index contributed by atoms with van der Waals surface area (Å²) in [5.74, 6) is 0.284. The molecule has 1 atom stereocenters. The summed E-state index contributed by atoms with van der Waals surface area (Å²) >= 11 is 0. The number of hydrogen-bond acceptors (Lipinski definition) is 3. The predicted molar refractivity (Wildman–Crippen MR) is 81.2 cm³/mol. The third-order valence-corrected chi connectivity index (χ3v) is 3.28. The SMILES string of the molecule is CC(C)(C)C(Nc1ncccc1C#N)c1ccc(F)cc1. The van der Waals surface area contributed by atoms with Gasteiger partial charge >= 0.3 is 0 Å². The summed E-state index contributed by atoms with van der Waals surface area (Å²) in [5, 5.41) is 12.5. The van der Waals surface area contributed by atoms with Crippen molar-refractivity contribution in [3.05, 3.63) is 59.5 Å². The lowest BCUT2D eigenvalue weighted by molar-refractivity contribution is 0.346. The molecule has 0 spiro atoms. The largest absolute Gasteiger partial charge is 0.362 e. The van der Waals surface area contributed by atoms with Crippen LogP contribution < -0.4 is 5.32 Å². The van der Waals surface area contributed by atoms with Crippen LogP contribution >= 0.6 is 0 Å². The normalized spacial score (nSPS) is 12.5. The first-order valence-electron chi connectivity index (χ1n) is 6.79. The Morgan fingerprint density at radius 2 is 1.86 bits per heavy atom. The number of nitrogens with one attached hydrogen (secondary N) is 1. The lowest BCUT2D eigenvalue weighted by Gasteiger charge is -2.32. The Morgan fingerprint density at radius 3 is 2.43 bits per heavy atom. The molecule has 1 aromatic heterocycles. The van der Waals surface area contributed by atoms with Crippen molar-refractivity contribution >= 4 is 5.82 Å². The fourth-order valence-electron chi connectivity index (χ4n) is 2.20. The first kappa shape index (κ1) is 15.0. The van der Waals surface area contributed by atoms with Gasteiger partial charge in [-0.15, -0.1) is 0 Å². The van der Waals surface area contributed by atoms with Crippen LogP contribution in [0, 0.1) is 22.6 Å². The van der Waals surface area contributed by atoms with Crippen molar-refractivity contribution < 1.29 is 4.39 Å². The van der Waals surface area contributed by atoms with Gasteiger partial charge in [-0.25, -0.2) is 9.37 Å². The standard InChI is InChI=1S/C17H18FN3/c1-17(2,3)15(12-6-8-14(18)9-7-12)21-16-13(11-19)5-4-10-20-16/h4-10,15H,1-3H3,(H,20,21). The highest BCUT2D eigenvalue weighted by Gasteiger charge is 2.27. The van der Waals surface area contributed by atoms with E-state index in [-0.39, 0.29) is 17.3 Å². The first-order valence-corrected chi connectivity index (χ1v) is 6.79. The van der Waals surface area contributed by atoms with Gasteiger partial charge in [0.2, 0.25) is 0 Å². The average Bonchev–Trinajstić information content (AvgIpc) is 2.45. The Balaban J connectivity index is 2.39.